The number of hydrogen-bond acceptors (Lipinski definition) is 7. The smallest absolute Gasteiger partial charge is 0.337 e. The van der Waals surface area contributed by atoms with Crippen molar-refractivity contribution in [3.8, 4) is 0 Å². The van der Waals surface area contributed by atoms with Crippen LogP contribution in [-0.2, 0) is 19.6 Å². The van der Waals surface area contributed by atoms with Crippen LogP contribution in [0.4, 0.5) is 11.5 Å². The number of benzene rings is 1. The minimum Gasteiger partial charge on any atom is -0.478 e. The molecular formula is C23H29N3O6S. The van der Waals surface area contributed by atoms with Gasteiger partial charge < -0.3 is 14.7 Å². The predicted octanol–water partition coefficient (Wildman–Crippen LogP) is 3.29. The highest BCUT2D eigenvalue weighted by molar-refractivity contribution is 7.92. The second-order valence-corrected chi connectivity index (χ2v) is 9.90. The molecular weight excluding hydrogens is 446 g/mol. The molecule has 1 saturated heterocycles. The number of carbonyl (C=O) groups is 2. The van der Waals surface area contributed by atoms with Gasteiger partial charge >= 0.3 is 11.9 Å². The van der Waals surface area contributed by atoms with Crippen molar-refractivity contribution >= 4 is 33.5 Å². The first kappa shape index (κ1) is 24.5. The van der Waals surface area contributed by atoms with Crippen LogP contribution in [0.3, 0.4) is 0 Å². The van der Waals surface area contributed by atoms with E-state index in [2.05, 4.69) is 9.71 Å². The highest BCUT2D eigenvalue weighted by Crippen LogP contribution is 2.32. The maximum absolute atomic E-state index is 13.3. The van der Waals surface area contributed by atoms with Gasteiger partial charge in [-0.25, -0.2) is 18.2 Å². The second-order valence-electron chi connectivity index (χ2n) is 8.24. The van der Waals surface area contributed by atoms with E-state index in [0.717, 1.165) is 11.1 Å². The number of aromatic carboxylic acids is 1. The fourth-order valence-corrected chi connectivity index (χ4v) is 5.31. The van der Waals surface area contributed by atoms with Crippen molar-refractivity contribution in [2.24, 2.45) is 5.92 Å². The molecule has 1 aromatic carbocycles. The van der Waals surface area contributed by atoms with Gasteiger partial charge in [0.15, 0.2) is 5.82 Å². The van der Waals surface area contributed by atoms with Gasteiger partial charge in [0.2, 0.25) is 0 Å². The topological polar surface area (TPSA) is 126 Å². The van der Waals surface area contributed by atoms with Crippen LogP contribution in [0.2, 0.25) is 0 Å². The van der Waals surface area contributed by atoms with Crippen molar-refractivity contribution in [3.63, 3.8) is 0 Å². The number of ether oxygens (including phenoxy) is 1. The number of esters is 1. The molecule has 33 heavy (non-hydrogen) atoms. The number of piperidine rings is 1. The highest BCUT2D eigenvalue weighted by atomic mass is 32.2. The zero-order valence-corrected chi connectivity index (χ0v) is 20.0. The summed E-state index contributed by atoms with van der Waals surface area (Å²) in [5.74, 6) is -1.62. The van der Waals surface area contributed by atoms with E-state index in [1.54, 1.807) is 30.9 Å². The third kappa shape index (κ3) is 5.44. The molecule has 1 aliphatic rings. The number of pyridine rings is 1. The number of hydrogen-bond donors (Lipinski definition) is 2. The van der Waals surface area contributed by atoms with Crippen molar-refractivity contribution in [2.45, 2.75) is 45.4 Å². The SMILES string of the molecule is CCOC(=O)[C@@H]1CCCN(c2ncc(C(=O)O)cc2NS(=O)(=O)c2cc(C)c(C)cc2C)C1. The van der Waals surface area contributed by atoms with Crippen molar-refractivity contribution in [1.82, 2.24) is 4.98 Å². The lowest BCUT2D eigenvalue weighted by Crippen LogP contribution is -2.40. The quantitative estimate of drug-likeness (QED) is 0.584. The second kappa shape index (κ2) is 9.78. The summed E-state index contributed by atoms with van der Waals surface area (Å²) in [6, 6.07) is 4.65. The van der Waals surface area contributed by atoms with Crippen molar-refractivity contribution in [3.05, 3.63) is 46.6 Å². The molecule has 2 heterocycles. The van der Waals surface area contributed by atoms with Gasteiger partial charge in [0.1, 0.15) is 0 Å². The minimum atomic E-state index is -4.03. The number of nitrogens with zero attached hydrogens (tertiary/aromatic N) is 2. The third-order valence-corrected chi connectivity index (χ3v) is 7.29. The summed E-state index contributed by atoms with van der Waals surface area (Å²) < 4.78 is 34.2. The van der Waals surface area contributed by atoms with Gasteiger partial charge in [0.05, 0.1) is 28.7 Å². The Balaban J connectivity index is 2.00. The van der Waals surface area contributed by atoms with E-state index in [-0.39, 0.29) is 40.5 Å². The minimum absolute atomic E-state index is 0.0528. The summed E-state index contributed by atoms with van der Waals surface area (Å²) in [7, 11) is -4.03. The molecule has 0 unspecified atom stereocenters. The number of anilines is 2. The molecule has 2 aromatic rings. The van der Waals surface area contributed by atoms with Gasteiger partial charge in [-0.15, -0.1) is 0 Å². The average Bonchev–Trinajstić information content (AvgIpc) is 2.76. The number of nitrogens with one attached hydrogen (secondary N) is 1. The predicted molar refractivity (Wildman–Crippen MR) is 124 cm³/mol. The number of carboxylic acid groups (broad SMARTS) is 1. The number of rotatable bonds is 7. The van der Waals surface area contributed by atoms with Crippen LogP contribution in [-0.4, -0.2) is 50.1 Å². The number of carbonyl (C=O) groups excluding carboxylic acids is 1. The molecule has 0 aliphatic carbocycles. The Morgan fingerprint density at radius 1 is 1.18 bits per heavy atom. The molecule has 1 atom stereocenters. The van der Waals surface area contributed by atoms with Gasteiger partial charge in [-0.05, 0) is 69.4 Å². The molecule has 178 valence electrons. The molecule has 10 heteroatoms. The summed E-state index contributed by atoms with van der Waals surface area (Å²) in [5, 5.41) is 9.42. The van der Waals surface area contributed by atoms with E-state index >= 15 is 0 Å². The Hall–Kier alpha value is -3.14. The average molecular weight is 476 g/mol. The highest BCUT2D eigenvalue weighted by Gasteiger charge is 2.30. The van der Waals surface area contributed by atoms with Crippen LogP contribution in [0.25, 0.3) is 0 Å². The first-order valence-electron chi connectivity index (χ1n) is 10.8. The van der Waals surface area contributed by atoms with E-state index in [0.29, 0.717) is 31.5 Å². The van der Waals surface area contributed by atoms with Crippen molar-refractivity contribution < 1.29 is 27.9 Å². The molecule has 0 amide bonds. The summed E-state index contributed by atoms with van der Waals surface area (Å²) >= 11 is 0. The Kier molecular flexibility index (Phi) is 7.26. The van der Waals surface area contributed by atoms with Crippen molar-refractivity contribution in [1.29, 1.82) is 0 Å². The largest absolute Gasteiger partial charge is 0.478 e. The van der Waals surface area contributed by atoms with E-state index in [9.17, 15) is 23.1 Å². The fraction of sp³-hybridized carbons (Fsp3) is 0.435. The molecule has 9 nitrogen and oxygen atoms in total. The lowest BCUT2D eigenvalue weighted by molar-refractivity contribution is -0.148. The molecule has 1 aromatic heterocycles. The standard InChI is InChI=1S/C23H29N3O6S/c1-5-32-23(29)17-7-6-8-26(13-17)21-19(11-18(12-24-21)22(27)28)25-33(30,31)20-10-15(3)14(2)9-16(20)4/h9-12,17,25H,5-8,13H2,1-4H3,(H,27,28)/t17-/m1/s1. The van der Waals surface area contributed by atoms with E-state index < -0.39 is 16.0 Å². The number of aromatic nitrogens is 1. The third-order valence-electron chi connectivity index (χ3n) is 5.78. The Morgan fingerprint density at radius 2 is 1.88 bits per heavy atom. The normalized spacial score (nSPS) is 16.4. The van der Waals surface area contributed by atoms with Crippen molar-refractivity contribution in [2.75, 3.05) is 29.3 Å². The molecule has 0 saturated carbocycles. The number of carboxylic acids is 1. The van der Waals surface area contributed by atoms with E-state index in [4.69, 9.17) is 4.74 Å². The molecule has 3 rings (SSSR count). The molecule has 0 radical (unpaired) electrons. The molecule has 0 bridgehead atoms. The summed E-state index contributed by atoms with van der Waals surface area (Å²) in [4.78, 5) is 30.0. The van der Waals surface area contributed by atoms with Gasteiger partial charge in [-0.1, -0.05) is 6.07 Å². The molecule has 2 N–H and O–H groups in total. The first-order chi connectivity index (χ1) is 15.5. The Morgan fingerprint density at radius 3 is 2.55 bits per heavy atom. The fourth-order valence-electron chi connectivity index (χ4n) is 3.95. The zero-order valence-electron chi connectivity index (χ0n) is 19.2. The number of sulfonamides is 1. The maximum Gasteiger partial charge on any atom is 0.337 e. The van der Waals surface area contributed by atoms with E-state index in [1.165, 1.54) is 12.3 Å². The lowest BCUT2D eigenvalue weighted by Gasteiger charge is -2.33. The number of aryl methyl sites for hydroxylation is 3. The van der Waals surface area contributed by atoms with Crippen LogP contribution < -0.4 is 9.62 Å². The molecule has 1 fully saturated rings. The summed E-state index contributed by atoms with van der Waals surface area (Å²) in [6.07, 6.45) is 2.53. The summed E-state index contributed by atoms with van der Waals surface area (Å²) in [5.41, 5.74) is 2.28. The van der Waals surface area contributed by atoms with Crippen LogP contribution in [0.15, 0.2) is 29.3 Å². The maximum atomic E-state index is 13.3. The molecule has 0 spiro atoms. The van der Waals surface area contributed by atoms with Crippen LogP contribution >= 0.6 is 0 Å². The zero-order chi connectivity index (χ0) is 24.3. The van der Waals surface area contributed by atoms with Gasteiger partial charge in [-0.2, -0.15) is 0 Å². The Bertz CT molecular complexity index is 1180. The van der Waals surface area contributed by atoms with Crippen LogP contribution in [0, 0.1) is 26.7 Å². The first-order valence-corrected chi connectivity index (χ1v) is 12.3. The monoisotopic (exact) mass is 475 g/mol. The van der Waals surface area contributed by atoms with Crippen LogP contribution in [0.1, 0.15) is 46.8 Å². The van der Waals surface area contributed by atoms with Gasteiger partial charge in [-0.3, -0.25) is 9.52 Å². The van der Waals surface area contributed by atoms with E-state index in [1.807, 2.05) is 13.8 Å². The lowest BCUT2D eigenvalue weighted by atomic mass is 9.98. The van der Waals surface area contributed by atoms with Crippen LogP contribution in [0.5, 0.6) is 0 Å². The van der Waals surface area contributed by atoms with Gasteiger partial charge in [0, 0.05) is 19.3 Å². The molecule has 1 aliphatic heterocycles. The van der Waals surface area contributed by atoms with Gasteiger partial charge in [0.25, 0.3) is 10.0 Å². The summed E-state index contributed by atoms with van der Waals surface area (Å²) in [6.45, 7) is 8.31. The Labute approximate surface area is 193 Å².